The predicted molar refractivity (Wildman–Crippen MR) is 61.4 cm³/mol. The second kappa shape index (κ2) is 5.80. The maximum Gasteiger partial charge on any atom is 0.445 e. The Morgan fingerprint density at radius 2 is 1.41 bits per heavy atom. The van der Waals surface area contributed by atoms with E-state index in [0.717, 1.165) is 0 Å². The monoisotopic (exact) mass is 262 g/mol. The van der Waals surface area contributed by atoms with E-state index in [0.29, 0.717) is 52.6 Å². The first-order valence-electron chi connectivity index (χ1n) is 5.65. The number of nitrogens with zero attached hydrogens (tertiary/aromatic N) is 3. The van der Waals surface area contributed by atoms with Crippen LogP contribution in [-0.2, 0) is 14.0 Å². The molecule has 1 N–H and O–H groups in total. The summed E-state index contributed by atoms with van der Waals surface area (Å²) in [6, 6.07) is 0. The molecule has 2 heterocycles. The summed E-state index contributed by atoms with van der Waals surface area (Å²) in [5.74, 6) is 2.38. The zero-order chi connectivity index (χ0) is 12.1. The molecule has 0 aliphatic carbocycles. The standard InChI is InChI=1S/C9H16N3O4P/c13-10-9-17(14,11-1-5-15-6-2-11)12-3-7-16-8-4-12/h1-8H2/p+1. The van der Waals surface area contributed by atoms with E-state index in [1.165, 1.54) is 0 Å². The third kappa shape index (κ3) is 2.79. The van der Waals surface area contributed by atoms with Gasteiger partial charge in [-0.1, -0.05) is 0 Å². The Balaban J connectivity index is 2.16. The molecular formula is C9H17N3O4P+. The third-order valence-electron chi connectivity index (χ3n) is 2.92. The first kappa shape index (κ1) is 12.8. The number of hydrogen-bond donors (Lipinski definition) is 1. The predicted octanol–water partition coefficient (Wildman–Crippen LogP) is 0.523. The molecule has 17 heavy (non-hydrogen) atoms. The highest BCUT2D eigenvalue weighted by atomic mass is 31.2. The maximum atomic E-state index is 12.9. The Morgan fingerprint density at radius 1 is 1.00 bits per heavy atom. The zero-order valence-electron chi connectivity index (χ0n) is 9.62. The van der Waals surface area contributed by atoms with Gasteiger partial charge in [0.25, 0.3) is 0 Å². The molecule has 0 aromatic carbocycles. The highest BCUT2D eigenvalue weighted by molar-refractivity contribution is 7.64. The molecule has 0 unspecified atom stereocenters. The van der Waals surface area contributed by atoms with E-state index in [-0.39, 0.29) is 0 Å². The highest BCUT2D eigenvalue weighted by Gasteiger charge is 2.43. The van der Waals surface area contributed by atoms with Gasteiger partial charge in [-0.2, -0.15) is 5.21 Å². The van der Waals surface area contributed by atoms with E-state index >= 15 is 0 Å². The quantitative estimate of drug-likeness (QED) is 0.578. The molecular weight excluding hydrogens is 245 g/mol. The van der Waals surface area contributed by atoms with Crippen molar-refractivity contribution in [2.45, 2.75) is 0 Å². The van der Waals surface area contributed by atoms with Gasteiger partial charge < -0.3 is 9.47 Å². The molecule has 2 aliphatic rings. The Hall–Kier alpha value is -0.640. The Kier molecular flexibility index (Phi) is 4.37. The third-order valence-corrected chi connectivity index (χ3v) is 5.60. The number of morpholine rings is 2. The molecule has 0 atom stereocenters. The largest absolute Gasteiger partial charge is 0.445 e. The van der Waals surface area contributed by atoms with Gasteiger partial charge in [0.05, 0.1) is 26.4 Å². The topological polar surface area (TPSA) is 66.6 Å². The highest BCUT2D eigenvalue weighted by Crippen LogP contribution is 2.52. The Labute approximate surface area is 100 Å². The summed E-state index contributed by atoms with van der Waals surface area (Å²) in [5, 5.41) is 11.6. The van der Waals surface area contributed by atoms with Crippen LogP contribution >= 0.6 is 7.44 Å². The van der Waals surface area contributed by atoms with Crippen molar-refractivity contribution >= 4 is 7.44 Å². The van der Waals surface area contributed by atoms with Crippen molar-refractivity contribution in [1.82, 2.24) is 9.34 Å². The van der Waals surface area contributed by atoms with Crippen molar-refractivity contribution in [3.8, 4) is 5.81 Å². The molecule has 0 radical (unpaired) electrons. The molecule has 96 valence electrons. The summed E-state index contributed by atoms with van der Waals surface area (Å²) >= 11 is 0. The molecule has 0 spiro atoms. The summed E-state index contributed by atoms with van der Waals surface area (Å²) in [4.78, 5) is 0. The lowest BCUT2D eigenvalue weighted by Crippen LogP contribution is -2.42. The van der Waals surface area contributed by atoms with Gasteiger partial charge in [-0.3, -0.25) is 4.57 Å². The summed E-state index contributed by atoms with van der Waals surface area (Å²) in [6.45, 7) is 4.44. The second-order valence-corrected chi connectivity index (χ2v) is 6.30. The SMILES string of the molecule is O=P(C#[N+]O)(N1CCOCC1)N1CCOCC1. The minimum absolute atomic E-state index is 0.543. The maximum absolute atomic E-state index is 12.9. The van der Waals surface area contributed by atoms with Crippen LogP contribution in [0.1, 0.15) is 0 Å². The van der Waals surface area contributed by atoms with Crippen LogP contribution in [0.25, 0.3) is 5.01 Å². The molecule has 7 nitrogen and oxygen atoms in total. The fraction of sp³-hybridized carbons (Fsp3) is 0.889. The molecule has 8 heteroatoms. The smallest absolute Gasteiger partial charge is 0.379 e. The molecule has 0 amide bonds. The lowest BCUT2D eigenvalue weighted by atomic mass is 10.5. The number of hydrogen-bond acceptors (Lipinski definition) is 4. The summed E-state index contributed by atoms with van der Waals surface area (Å²) in [5.41, 5.74) is 0. The molecule has 2 saturated heterocycles. The van der Waals surface area contributed by atoms with Crippen LogP contribution in [0.5, 0.6) is 0 Å². The molecule has 2 rings (SSSR count). The molecule has 2 fully saturated rings. The molecule has 0 aromatic rings. The van der Waals surface area contributed by atoms with E-state index in [2.05, 4.69) is 10.8 Å². The van der Waals surface area contributed by atoms with Crippen LogP contribution in [0.15, 0.2) is 0 Å². The van der Waals surface area contributed by atoms with Crippen LogP contribution in [0, 0.1) is 5.81 Å². The lowest BCUT2D eigenvalue weighted by Gasteiger charge is -2.36. The minimum Gasteiger partial charge on any atom is -0.379 e. The second-order valence-electron chi connectivity index (χ2n) is 3.88. The summed E-state index contributed by atoms with van der Waals surface area (Å²) in [6.07, 6.45) is 0. The molecule has 2 aliphatic heterocycles. The van der Waals surface area contributed by atoms with Gasteiger partial charge in [0.15, 0.2) is 0 Å². The van der Waals surface area contributed by atoms with Gasteiger partial charge in [0, 0.05) is 26.2 Å². The van der Waals surface area contributed by atoms with Gasteiger partial charge in [-0.15, -0.1) is 0 Å². The van der Waals surface area contributed by atoms with Crippen molar-refractivity contribution < 1.29 is 19.2 Å². The van der Waals surface area contributed by atoms with Gasteiger partial charge in [-0.25, -0.2) is 9.34 Å². The average molecular weight is 262 g/mol. The summed E-state index contributed by atoms with van der Waals surface area (Å²) in [7, 11) is -3.03. The van der Waals surface area contributed by atoms with E-state index in [1.54, 1.807) is 9.34 Å². The minimum atomic E-state index is -3.03. The van der Waals surface area contributed by atoms with Crippen molar-refractivity contribution in [3.63, 3.8) is 0 Å². The van der Waals surface area contributed by atoms with Gasteiger partial charge in [0.1, 0.15) is 0 Å². The van der Waals surface area contributed by atoms with Gasteiger partial charge >= 0.3 is 13.3 Å². The Bertz CT molecular complexity index is 333. The van der Waals surface area contributed by atoms with Crippen molar-refractivity contribution in [3.05, 3.63) is 5.01 Å². The number of rotatable bonds is 2. The van der Waals surface area contributed by atoms with E-state index in [1.807, 2.05) is 0 Å². The molecule has 0 bridgehead atoms. The van der Waals surface area contributed by atoms with E-state index in [9.17, 15) is 4.57 Å². The van der Waals surface area contributed by atoms with Crippen molar-refractivity contribution in [1.29, 1.82) is 0 Å². The van der Waals surface area contributed by atoms with Gasteiger partial charge in [-0.05, 0) is 0 Å². The van der Waals surface area contributed by atoms with E-state index < -0.39 is 7.44 Å². The van der Waals surface area contributed by atoms with Crippen molar-refractivity contribution in [2.24, 2.45) is 0 Å². The lowest BCUT2D eigenvalue weighted by molar-refractivity contribution is 0.0539. The average Bonchev–Trinajstić information content (AvgIpc) is 2.41. The Morgan fingerprint density at radius 3 is 1.76 bits per heavy atom. The molecule has 0 saturated carbocycles. The van der Waals surface area contributed by atoms with Crippen LogP contribution in [0.4, 0.5) is 0 Å². The first-order valence-corrected chi connectivity index (χ1v) is 7.26. The zero-order valence-corrected chi connectivity index (χ0v) is 10.5. The fourth-order valence-corrected chi connectivity index (χ4v) is 4.15. The summed E-state index contributed by atoms with van der Waals surface area (Å²) < 4.78 is 27.0. The first-order chi connectivity index (χ1) is 8.27. The van der Waals surface area contributed by atoms with E-state index in [4.69, 9.17) is 14.7 Å². The van der Waals surface area contributed by atoms with Gasteiger partial charge in [0.2, 0.25) is 5.01 Å². The fourth-order valence-electron chi connectivity index (χ4n) is 2.01. The molecule has 0 aromatic heterocycles. The van der Waals surface area contributed by atoms with Crippen molar-refractivity contribution in [2.75, 3.05) is 52.6 Å². The van der Waals surface area contributed by atoms with Crippen LogP contribution < -0.4 is 0 Å². The van der Waals surface area contributed by atoms with Crippen LogP contribution in [0.2, 0.25) is 0 Å². The van der Waals surface area contributed by atoms with Crippen LogP contribution in [0.3, 0.4) is 0 Å². The normalized spacial score (nSPS) is 24.0. The van der Waals surface area contributed by atoms with Crippen LogP contribution in [-0.4, -0.2) is 67.2 Å². The number of ether oxygens (including phenoxy) is 2.